The van der Waals surface area contributed by atoms with Gasteiger partial charge in [-0.2, -0.15) is 0 Å². The van der Waals surface area contributed by atoms with Crippen LogP contribution in [0, 0.1) is 5.92 Å². The summed E-state index contributed by atoms with van der Waals surface area (Å²) in [5, 5.41) is 3.38. The third-order valence-corrected chi connectivity index (χ3v) is 5.92. The van der Waals surface area contributed by atoms with Gasteiger partial charge in [0.05, 0.1) is 5.69 Å². The average Bonchev–Trinajstić information content (AvgIpc) is 3.16. The van der Waals surface area contributed by atoms with E-state index in [0.29, 0.717) is 24.3 Å². The lowest BCUT2D eigenvalue weighted by molar-refractivity contribution is -0.133. The lowest BCUT2D eigenvalue weighted by Crippen LogP contribution is -2.37. The zero-order valence-corrected chi connectivity index (χ0v) is 14.5. The first-order valence-corrected chi connectivity index (χ1v) is 9.63. The molecule has 0 aromatic carbocycles. The van der Waals surface area contributed by atoms with Gasteiger partial charge in [0.25, 0.3) is 0 Å². The molecule has 2 fully saturated rings. The van der Waals surface area contributed by atoms with Gasteiger partial charge in [0.15, 0.2) is 0 Å². The lowest BCUT2D eigenvalue weighted by Gasteiger charge is -2.30. The number of amides is 1. The molecule has 3 aliphatic rings. The van der Waals surface area contributed by atoms with Crippen molar-refractivity contribution < 1.29 is 4.79 Å². The number of fused-ring (bicyclic) bond motifs is 1. The van der Waals surface area contributed by atoms with Gasteiger partial charge in [0, 0.05) is 50.2 Å². The minimum absolute atomic E-state index is 0.330. The molecule has 5 heteroatoms. The van der Waals surface area contributed by atoms with Crippen LogP contribution in [0.25, 0.3) is 0 Å². The molecule has 24 heavy (non-hydrogen) atoms. The second-order valence-electron chi connectivity index (χ2n) is 7.66. The van der Waals surface area contributed by atoms with Gasteiger partial charge in [-0.25, -0.2) is 9.97 Å². The number of hydrogen-bond acceptors (Lipinski definition) is 4. The summed E-state index contributed by atoms with van der Waals surface area (Å²) < 4.78 is 0. The van der Waals surface area contributed by atoms with Crippen LogP contribution < -0.4 is 5.32 Å². The Morgan fingerprint density at radius 1 is 1.25 bits per heavy atom. The number of rotatable bonds is 3. The summed E-state index contributed by atoms with van der Waals surface area (Å²) in [5.74, 6) is 2.39. The summed E-state index contributed by atoms with van der Waals surface area (Å²) in [6.07, 6.45) is 11.1. The van der Waals surface area contributed by atoms with E-state index in [2.05, 4.69) is 10.3 Å². The molecule has 1 unspecified atom stereocenters. The Labute approximate surface area is 144 Å². The first-order chi connectivity index (χ1) is 11.8. The van der Waals surface area contributed by atoms with Gasteiger partial charge >= 0.3 is 0 Å². The highest BCUT2D eigenvalue weighted by Gasteiger charge is 2.26. The quantitative estimate of drug-likeness (QED) is 0.926. The van der Waals surface area contributed by atoms with Crippen LogP contribution in [0.1, 0.15) is 67.9 Å². The molecule has 1 saturated carbocycles. The molecule has 4 rings (SSSR count). The van der Waals surface area contributed by atoms with Gasteiger partial charge in [0.2, 0.25) is 5.91 Å². The summed E-state index contributed by atoms with van der Waals surface area (Å²) in [6, 6.07) is 0. The fourth-order valence-corrected chi connectivity index (χ4v) is 4.38. The van der Waals surface area contributed by atoms with Gasteiger partial charge < -0.3 is 10.2 Å². The van der Waals surface area contributed by atoms with Crippen LogP contribution in [0.15, 0.2) is 6.20 Å². The molecule has 1 atom stereocenters. The molecule has 0 bridgehead atoms. The minimum Gasteiger partial charge on any atom is -0.338 e. The van der Waals surface area contributed by atoms with Gasteiger partial charge in [0.1, 0.15) is 5.82 Å². The highest BCUT2D eigenvalue weighted by atomic mass is 16.2. The summed E-state index contributed by atoms with van der Waals surface area (Å²) in [7, 11) is 0. The van der Waals surface area contributed by atoms with E-state index >= 15 is 0 Å². The van der Waals surface area contributed by atoms with E-state index in [9.17, 15) is 4.79 Å². The molecule has 1 aromatic heterocycles. The summed E-state index contributed by atoms with van der Waals surface area (Å²) in [4.78, 5) is 24.1. The molecule has 1 amide bonds. The van der Waals surface area contributed by atoms with Gasteiger partial charge in [-0.05, 0) is 31.7 Å². The van der Waals surface area contributed by atoms with Crippen LogP contribution in [-0.2, 0) is 17.8 Å². The molecule has 5 nitrogen and oxygen atoms in total. The number of nitrogens with one attached hydrogen (secondary N) is 1. The van der Waals surface area contributed by atoms with E-state index in [1.807, 2.05) is 11.1 Å². The van der Waals surface area contributed by atoms with Crippen LogP contribution in [0.2, 0.25) is 0 Å². The highest BCUT2D eigenvalue weighted by molar-refractivity contribution is 5.76. The molecule has 0 radical (unpaired) electrons. The van der Waals surface area contributed by atoms with Crippen molar-refractivity contribution in [1.82, 2.24) is 20.2 Å². The SMILES string of the molecule is O=C(CC1CCCCC1)N1CCc2nc(C3CCNC3)ncc2C1. The van der Waals surface area contributed by atoms with Crippen molar-refractivity contribution in [1.29, 1.82) is 0 Å². The van der Waals surface area contributed by atoms with E-state index in [0.717, 1.165) is 56.0 Å². The van der Waals surface area contributed by atoms with E-state index in [4.69, 9.17) is 4.98 Å². The molecule has 2 aliphatic heterocycles. The number of aromatic nitrogens is 2. The normalized spacial score (nSPS) is 24.8. The van der Waals surface area contributed by atoms with Crippen LogP contribution in [-0.4, -0.2) is 40.4 Å². The Hall–Kier alpha value is -1.49. The zero-order valence-electron chi connectivity index (χ0n) is 14.5. The average molecular weight is 328 g/mol. The Morgan fingerprint density at radius 3 is 2.92 bits per heavy atom. The molecular weight excluding hydrogens is 300 g/mol. The van der Waals surface area contributed by atoms with Crippen LogP contribution in [0.4, 0.5) is 0 Å². The van der Waals surface area contributed by atoms with Crippen molar-refractivity contribution in [2.45, 2.75) is 63.8 Å². The monoisotopic (exact) mass is 328 g/mol. The van der Waals surface area contributed by atoms with E-state index in [1.165, 1.54) is 32.1 Å². The van der Waals surface area contributed by atoms with Gasteiger partial charge in [-0.1, -0.05) is 19.3 Å². The number of carbonyl (C=O) groups is 1. The van der Waals surface area contributed by atoms with Crippen molar-refractivity contribution in [2.24, 2.45) is 5.92 Å². The maximum Gasteiger partial charge on any atom is 0.223 e. The zero-order chi connectivity index (χ0) is 16.4. The molecule has 130 valence electrons. The number of carbonyl (C=O) groups excluding carboxylic acids is 1. The smallest absolute Gasteiger partial charge is 0.223 e. The third-order valence-electron chi connectivity index (χ3n) is 5.92. The summed E-state index contributed by atoms with van der Waals surface area (Å²) in [6.45, 7) is 3.57. The molecule has 0 spiro atoms. The second kappa shape index (κ2) is 7.18. The topological polar surface area (TPSA) is 58.1 Å². The molecule has 1 N–H and O–H groups in total. The Balaban J connectivity index is 1.39. The fourth-order valence-electron chi connectivity index (χ4n) is 4.38. The van der Waals surface area contributed by atoms with E-state index < -0.39 is 0 Å². The van der Waals surface area contributed by atoms with Gasteiger partial charge in [-0.3, -0.25) is 4.79 Å². The van der Waals surface area contributed by atoms with Gasteiger partial charge in [-0.15, -0.1) is 0 Å². The number of hydrogen-bond donors (Lipinski definition) is 1. The van der Waals surface area contributed by atoms with Crippen LogP contribution >= 0.6 is 0 Å². The first-order valence-electron chi connectivity index (χ1n) is 9.63. The third kappa shape index (κ3) is 3.46. The summed E-state index contributed by atoms with van der Waals surface area (Å²) in [5.41, 5.74) is 2.31. The minimum atomic E-state index is 0.330. The molecular formula is C19H28N4O. The first kappa shape index (κ1) is 16.0. The Kier molecular flexibility index (Phi) is 4.79. The lowest BCUT2D eigenvalue weighted by atomic mass is 9.86. The highest BCUT2D eigenvalue weighted by Crippen LogP contribution is 2.28. The predicted octanol–water partition coefficient (Wildman–Crippen LogP) is 2.41. The largest absolute Gasteiger partial charge is 0.338 e. The summed E-state index contributed by atoms with van der Waals surface area (Å²) >= 11 is 0. The molecule has 3 heterocycles. The van der Waals surface area contributed by atoms with Crippen molar-refractivity contribution in [3.8, 4) is 0 Å². The van der Waals surface area contributed by atoms with Crippen molar-refractivity contribution in [2.75, 3.05) is 19.6 Å². The van der Waals surface area contributed by atoms with Crippen molar-refractivity contribution in [3.05, 3.63) is 23.3 Å². The van der Waals surface area contributed by atoms with Crippen molar-refractivity contribution in [3.63, 3.8) is 0 Å². The Bertz CT molecular complexity index is 591. The second-order valence-corrected chi connectivity index (χ2v) is 7.66. The van der Waals surface area contributed by atoms with Crippen molar-refractivity contribution >= 4 is 5.91 Å². The standard InChI is InChI=1S/C19H28N4O/c24-18(10-14-4-2-1-3-5-14)23-9-7-17-16(13-23)12-21-19(22-17)15-6-8-20-11-15/h12,14-15,20H,1-11,13H2. The van der Waals surface area contributed by atoms with E-state index in [1.54, 1.807) is 0 Å². The molecule has 1 saturated heterocycles. The Morgan fingerprint density at radius 2 is 2.12 bits per heavy atom. The predicted molar refractivity (Wildman–Crippen MR) is 92.6 cm³/mol. The van der Waals surface area contributed by atoms with Crippen LogP contribution in [0.5, 0.6) is 0 Å². The molecule has 1 aromatic rings. The van der Waals surface area contributed by atoms with Crippen LogP contribution in [0.3, 0.4) is 0 Å². The maximum atomic E-state index is 12.6. The fraction of sp³-hybridized carbons (Fsp3) is 0.737. The maximum absolute atomic E-state index is 12.6. The molecule has 1 aliphatic carbocycles. The number of nitrogens with zero attached hydrogens (tertiary/aromatic N) is 3. The van der Waals surface area contributed by atoms with E-state index in [-0.39, 0.29) is 0 Å².